The Kier molecular flexibility index (Phi) is 5.32. The maximum atomic E-state index is 12.1. The molecule has 0 aliphatic heterocycles. The molecule has 0 aliphatic rings. The molecule has 0 bridgehead atoms. The van der Waals surface area contributed by atoms with E-state index < -0.39 is 0 Å². The summed E-state index contributed by atoms with van der Waals surface area (Å²) in [4.78, 5) is 14.2. The minimum absolute atomic E-state index is 0.335. The zero-order chi connectivity index (χ0) is 15.2. The molecule has 0 atom stereocenters. The van der Waals surface area contributed by atoms with Gasteiger partial charge in [0.2, 0.25) is 0 Å². The van der Waals surface area contributed by atoms with Crippen molar-refractivity contribution in [2.45, 2.75) is 13.5 Å². The van der Waals surface area contributed by atoms with E-state index in [0.717, 1.165) is 18.5 Å². The molecule has 0 unspecified atom stereocenters. The van der Waals surface area contributed by atoms with Crippen molar-refractivity contribution in [3.05, 3.63) is 35.6 Å². The second-order valence-electron chi connectivity index (χ2n) is 4.73. The van der Waals surface area contributed by atoms with Crippen LogP contribution in [0.1, 0.15) is 23.0 Å². The summed E-state index contributed by atoms with van der Waals surface area (Å²) in [6.07, 6.45) is 0. The summed E-state index contributed by atoms with van der Waals surface area (Å²) in [6.45, 7) is 4.84. The van der Waals surface area contributed by atoms with E-state index >= 15 is 0 Å². The number of fused-ring (bicyclic) bond motifs is 1. The molecule has 6 heteroatoms. The van der Waals surface area contributed by atoms with Crippen LogP contribution in [0.2, 0.25) is 0 Å². The van der Waals surface area contributed by atoms with Crippen LogP contribution in [0.15, 0.2) is 28.7 Å². The van der Waals surface area contributed by atoms with Crippen LogP contribution in [0.4, 0.5) is 0 Å². The van der Waals surface area contributed by atoms with E-state index in [9.17, 15) is 4.79 Å². The molecular formula is C15H21N3O3. The van der Waals surface area contributed by atoms with Crippen molar-refractivity contribution in [1.82, 2.24) is 10.3 Å². The zero-order valence-electron chi connectivity index (χ0n) is 12.4. The number of hydrogen-bond donors (Lipinski definition) is 2. The second kappa shape index (κ2) is 7.21. The van der Waals surface area contributed by atoms with Crippen LogP contribution in [-0.2, 0) is 11.3 Å². The highest BCUT2D eigenvalue weighted by molar-refractivity contribution is 6.07. The van der Waals surface area contributed by atoms with Crippen molar-refractivity contribution in [2.24, 2.45) is 5.84 Å². The van der Waals surface area contributed by atoms with Crippen LogP contribution < -0.4 is 11.3 Å². The van der Waals surface area contributed by atoms with Gasteiger partial charge in [0.05, 0.1) is 18.7 Å². The number of ether oxygens (including phenoxy) is 1. The lowest BCUT2D eigenvalue weighted by atomic mass is 10.1. The maximum absolute atomic E-state index is 12.1. The van der Waals surface area contributed by atoms with Gasteiger partial charge in [0, 0.05) is 19.0 Å². The predicted molar refractivity (Wildman–Crippen MR) is 80.7 cm³/mol. The number of rotatable bonds is 7. The van der Waals surface area contributed by atoms with E-state index in [1.165, 1.54) is 0 Å². The molecule has 114 valence electrons. The van der Waals surface area contributed by atoms with Gasteiger partial charge in [0.15, 0.2) is 0 Å². The van der Waals surface area contributed by atoms with E-state index in [1.54, 1.807) is 7.11 Å². The molecule has 0 saturated carbocycles. The molecule has 0 saturated heterocycles. The topological polar surface area (TPSA) is 80.7 Å². The van der Waals surface area contributed by atoms with Gasteiger partial charge in [-0.2, -0.15) is 0 Å². The van der Waals surface area contributed by atoms with Crippen LogP contribution in [-0.4, -0.2) is 37.6 Å². The Hall–Kier alpha value is -1.89. The van der Waals surface area contributed by atoms with Gasteiger partial charge in [-0.25, -0.2) is 5.84 Å². The van der Waals surface area contributed by atoms with Gasteiger partial charge in [-0.1, -0.05) is 25.1 Å². The average molecular weight is 291 g/mol. The van der Waals surface area contributed by atoms with Gasteiger partial charge in [-0.3, -0.25) is 15.1 Å². The number of benzene rings is 1. The Morgan fingerprint density at radius 1 is 1.43 bits per heavy atom. The van der Waals surface area contributed by atoms with Crippen LogP contribution in [0, 0.1) is 0 Å². The first-order valence-electron chi connectivity index (χ1n) is 6.93. The molecule has 0 spiro atoms. The van der Waals surface area contributed by atoms with Crippen LogP contribution >= 0.6 is 0 Å². The third-order valence-corrected chi connectivity index (χ3v) is 3.45. The highest BCUT2D eigenvalue weighted by atomic mass is 16.5. The summed E-state index contributed by atoms with van der Waals surface area (Å²) in [7, 11) is 1.67. The maximum Gasteiger partial charge on any atom is 0.269 e. The van der Waals surface area contributed by atoms with Crippen molar-refractivity contribution in [3.8, 4) is 0 Å². The Labute approximate surface area is 123 Å². The number of likely N-dealkylation sites (N-methyl/N-ethyl adjacent to an activating group) is 1. The van der Waals surface area contributed by atoms with Gasteiger partial charge >= 0.3 is 0 Å². The summed E-state index contributed by atoms with van der Waals surface area (Å²) < 4.78 is 10.9. The number of nitrogen functional groups attached to an aromatic ring is 1. The van der Waals surface area contributed by atoms with Crippen molar-refractivity contribution in [3.63, 3.8) is 0 Å². The third kappa shape index (κ3) is 3.41. The second-order valence-corrected chi connectivity index (χ2v) is 4.73. The quantitative estimate of drug-likeness (QED) is 0.459. The lowest BCUT2D eigenvalue weighted by Crippen LogP contribution is -2.32. The fourth-order valence-corrected chi connectivity index (χ4v) is 2.30. The number of para-hydroxylation sites is 1. The molecule has 21 heavy (non-hydrogen) atoms. The monoisotopic (exact) mass is 291 g/mol. The minimum Gasteiger partial charge on any atom is -0.459 e. The van der Waals surface area contributed by atoms with Crippen molar-refractivity contribution in [2.75, 3.05) is 26.8 Å². The number of amides is 1. The first kappa shape index (κ1) is 15.5. The molecule has 0 aliphatic carbocycles. The van der Waals surface area contributed by atoms with Crippen molar-refractivity contribution >= 4 is 16.9 Å². The fourth-order valence-electron chi connectivity index (χ4n) is 2.30. The van der Waals surface area contributed by atoms with Gasteiger partial charge in [-0.15, -0.1) is 0 Å². The zero-order valence-corrected chi connectivity index (χ0v) is 12.4. The summed E-state index contributed by atoms with van der Waals surface area (Å²) in [5.41, 5.74) is 3.38. The number of nitrogens with zero attached hydrogens (tertiary/aromatic N) is 1. The number of carbonyl (C=O) groups is 1. The average Bonchev–Trinajstić information content (AvgIpc) is 2.88. The number of nitrogens with one attached hydrogen (secondary N) is 1. The Morgan fingerprint density at radius 2 is 2.19 bits per heavy atom. The number of methoxy groups -OCH3 is 1. The molecule has 6 nitrogen and oxygen atoms in total. The van der Waals surface area contributed by atoms with E-state index in [4.69, 9.17) is 15.0 Å². The van der Waals surface area contributed by atoms with Gasteiger partial charge in [0.25, 0.3) is 5.91 Å². The molecule has 1 heterocycles. The lowest BCUT2D eigenvalue weighted by molar-refractivity contribution is 0.0950. The van der Waals surface area contributed by atoms with Crippen LogP contribution in [0.3, 0.4) is 0 Å². The molecule has 2 rings (SSSR count). The number of furan rings is 1. The smallest absolute Gasteiger partial charge is 0.269 e. The van der Waals surface area contributed by atoms with Crippen molar-refractivity contribution < 1.29 is 13.9 Å². The molecular weight excluding hydrogens is 270 g/mol. The molecule has 2 aromatic rings. The normalized spacial score (nSPS) is 11.2. The van der Waals surface area contributed by atoms with Crippen molar-refractivity contribution in [1.29, 1.82) is 0 Å². The number of nitrogens with two attached hydrogens (primary N) is 1. The summed E-state index contributed by atoms with van der Waals surface area (Å²) in [5.74, 6) is 5.58. The van der Waals surface area contributed by atoms with Crippen LogP contribution in [0.25, 0.3) is 11.0 Å². The molecule has 1 amide bonds. The van der Waals surface area contributed by atoms with E-state index in [1.807, 2.05) is 24.3 Å². The first-order chi connectivity index (χ1) is 10.2. The van der Waals surface area contributed by atoms with E-state index in [-0.39, 0.29) is 5.91 Å². The number of hydrazine groups is 1. The fraction of sp³-hybridized carbons (Fsp3) is 0.400. The third-order valence-electron chi connectivity index (χ3n) is 3.45. The number of hydrogen-bond acceptors (Lipinski definition) is 5. The van der Waals surface area contributed by atoms with Gasteiger partial charge in [0.1, 0.15) is 11.3 Å². The largest absolute Gasteiger partial charge is 0.459 e. The molecule has 0 fully saturated rings. The highest BCUT2D eigenvalue weighted by Gasteiger charge is 2.21. The highest BCUT2D eigenvalue weighted by Crippen LogP contribution is 2.26. The summed E-state index contributed by atoms with van der Waals surface area (Å²) in [6, 6.07) is 7.45. The van der Waals surface area contributed by atoms with E-state index in [2.05, 4.69) is 17.2 Å². The Morgan fingerprint density at radius 3 is 2.86 bits per heavy atom. The SMILES string of the molecule is CCN(CCOC)Cc1oc2ccccc2c1C(=O)NN. The Balaban J connectivity index is 2.35. The lowest BCUT2D eigenvalue weighted by Gasteiger charge is -2.18. The molecule has 0 radical (unpaired) electrons. The molecule has 1 aromatic heterocycles. The standard InChI is InChI=1S/C15H21N3O3/c1-3-18(8-9-20-2)10-13-14(15(19)17-16)11-6-4-5-7-12(11)21-13/h4-7H,3,8-10,16H2,1-2H3,(H,17,19). The van der Waals surface area contributed by atoms with Gasteiger partial charge in [-0.05, 0) is 12.6 Å². The molecule has 1 aromatic carbocycles. The Bertz CT molecular complexity index is 609. The predicted octanol–water partition coefficient (Wildman–Crippen LogP) is 1.50. The summed E-state index contributed by atoms with van der Waals surface area (Å²) >= 11 is 0. The van der Waals surface area contributed by atoms with Crippen LogP contribution in [0.5, 0.6) is 0 Å². The number of carbonyl (C=O) groups excluding carboxylic acids is 1. The minimum atomic E-state index is -0.335. The molecule has 3 N–H and O–H groups in total. The first-order valence-corrected chi connectivity index (χ1v) is 6.93. The summed E-state index contributed by atoms with van der Waals surface area (Å²) in [5, 5.41) is 0.776. The van der Waals surface area contributed by atoms with Gasteiger partial charge < -0.3 is 9.15 Å². The van der Waals surface area contributed by atoms with E-state index in [0.29, 0.717) is 30.1 Å².